The van der Waals surface area contributed by atoms with Crippen molar-refractivity contribution in [2.75, 3.05) is 0 Å². The first kappa shape index (κ1) is 15.2. The van der Waals surface area contributed by atoms with Crippen LogP contribution in [-0.4, -0.2) is 5.78 Å². The first-order valence-corrected chi connectivity index (χ1v) is 7.64. The maximum absolute atomic E-state index is 12.6. The van der Waals surface area contributed by atoms with Gasteiger partial charge in [0.15, 0.2) is 5.78 Å². The van der Waals surface area contributed by atoms with Gasteiger partial charge in [0.2, 0.25) is 0 Å². The van der Waals surface area contributed by atoms with Crippen molar-refractivity contribution < 1.29 is 4.79 Å². The lowest BCUT2D eigenvalue weighted by molar-refractivity contribution is 0.0978. The minimum Gasteiger partial charge on any atom is -0.292 e. The molecule has 0 N–H and O–H groups in total. The third-order valence-corrected chi connectivity index (χ3v) is 4.33. The number of rotatable bonds is 3. The summed E-state index contributed by atoms with van der Waals surface area (Å²) in [6.45, 7) is 0. The maximum Gasteiger partial charge on any atom is 0.185 e. The van der Waals surface area contributed by atoms with E-state index in [0.29, 0.717) is 20.6 Å². The van der Waals surface area contributed by atoms with Crippen molar-refractivity contribution in [3.63, 3.8) is 0 Å². The van der Waals surface area contributed by atoms with Gasteiger partial charge in [-0.3, -0.25) is 4.79 Å². The van der Waals surface area contributed by atoms with Crippen molar-refractivity contribution in [2.24, 2.45) is 0 Å². The maximum atomic E-state index is 12.6. The average molecular weight is 413 g/mol. The Kier molecular flexibility index (Phi) is 4.98. The van der Waals surface area contributed by atoms with E-state index >= 15 is 0 Å². The number of nitrogens with zero attached hydrogens (tertiary/aromatic N) is 1. The molecule has 0 heterocycles. The second kappa shape index (κ2) is 6.53. The van der Waals surface area contributed by atoms with Gasteiger partial charge < -0.3 is 0 Å². The fourth-order valence-electron chi connectivity index (χ4n) is 1.82. The van der Waals surface area contributed by atoms with Crippen LogP contribution in [0.5, 0.6) is 0 Å². The zero-order chi connectivity index (χ0) is 14.7. The molecule has 0 bridgehead atoms. The van der Waals surface area contributed by atoms with Crippen LogP contribution < -0.4 is 0 Å². The van der Waals surface area contributed by atoms with Crippen LogP contribution in [0.2, 0.25) is 5.02 Å². The molecule has 20 heavy (non-hydrogen) atoms. The monoisotopic (exact) mass is 411 g/mol. The van der Waals surface area contributed by atoms with Crippen molar-refractivity contribution in [2.45, 2.75) is 5.92 Å². The average Bonchev–Trinajstić information content (AvgIpc) is 2.44. The number of benzene rings is 2. The molecular formula is C15H8Br2ClNO. The molecule has 0 fully saturated rings. The smallest absolute Gasteiger partial charge is 0.185 e. The Labute approximate surface area is 138 Å². The highest BCUT2D eigenvalue weighted by Crippen LogP contribution is 2.30. The number of ketones is 1. The summed E-state index contributed by atoms with van der Waals surface area (Å²) in [6.07, 6.45) is 0. The highest BCUT2D eigenvalue weighted by Gasteiger charge is 2.25. The van der Waals surface area contributed by atoms with Crippen LogP contribution in [0.1, 0.15) is 21.8 Å². The van der Waals surface area contributed by atoms with Gasteiger partial charge in [0.05, 0.1) is 6.07 Å². The lowest BCUT2D eigenvalue weighted by Crippen LogP contribution is -2.12. The van der Waals surface area contributed by atoms with Crippen LogP contribution in [-0.2, 0) is 0 Å². The molecule has 0 saturated heterocycles. The van der Waals surface area contributed by atoms with Gasteiger partial charge in [-0.25, -0.2) is 0 Å². The predicted molar refractivity (Wildman–Crippen MR) is 86.0 cm³/mol. The van der Waals surface area contributed by atoms with Crippen LogP contribution in [0.4, 0.5) is 0 Å². The lowest BCUT2D eigenvalue weighted by atomic mass is 9.92. The number of carbonyl (C=O) groups excluding carboxylic acids is 1. The minimum absolute atomic E-state index is 0.284. The summed E-state index contributed by atoms with van der Waals surface area (Å²) in [5, 5.41) is 9.75. The zero-order valence-electron chi connectivity index (χ0n) is 10.1. The molecule has 0 amide bonds. The molecule has 0 aliphatic rings. The molecule has 0 aliphatic heterocycles. The van der Waals surface area contributed by atoms with E-state index in [-0.39, 0.29) is 5.78 Å². The fourth-order valence-corrected chi connectivity index (χ4v) is 2.87. The summed E-state index contributed by atoms with van der Waals surface area (Å²) < 4.78 is 1.43. The Hall–Kier alpha value is -1.15. The standard InChI is InChI=1S/C15H8Br2ClNO/c16-9-5-6-13(17)11(7-9)15(20)12(8-19)10-3-1-2-4-14(10)18/h1-7,12H. The van der Waals surface area contributed by atoms with Crippen molar-refractivity contribution in [3.8, 4) is 6.07 Å². The topological polar surface area (TPSA) is 40.9 Å². The first-order valence-electron chi connectivity index (χ1n) is 5.68. The van der Waals surface area contributed by atoms with Gasteiger partial charge in [-0.2, -0.15) is 5.26 Å². The molecule has 0 saturated carbocycles. The molecule has 1 atom stereocenters. The van der Waals surface area contributed by atoms with E-state index in [1.807, 2.05) is 12.1 Å². The Morgan fingerprint density at radius 2 is 1.90 bits per heavy atom. The van der Waals surface area contributed by atoms with Gasteiger partial charge in [0, 0.05) is 19.5 Å². The van der Waals surface area contributed by atoms with Crippen LogP contribution in [0, 0.1) is 11.3 Å². The molecule has 1 unspecified atom stereocenters. The van der Waals surface area contributed by atoms with Crippen LogP contribution in [0.15, 0.2) is 51.4 Å². The number of hydrogen-bond acceptors (Lipinski definition) is 2. The summed E-state index contributed by atoms with van der Waals surface area (Å²) in [5.74, 6) is -1.21. The van der Waals surface area contributed by atoms with E-state index in [2.05, 4.69) is 31.9 Å². The minimum atomic E-state index is -0.922. The van der Waals surface area contributed by atoms with Gasteiger partial charge in [-0.1, -0.05) is 61.7 Å². The van der Waals surface area contributed by atoms with Crippen molar-refractivity contribution in [1.29, 1.82) is 5.26 Å². The van der Waals surface area contributed by atoms with E-state index in [0.717, 1.165) is 4.47 Å². The number of carbonyl (C=O) groups is 1. The van der Waals surface area contributed by atoms with Crippen LogP contribution in [0.3, 0.4) is 0 Å². The molecule has 5 heteroatoms. The van der Waals surface area contributed by atoms with Gasteiger partial charge in [0.25, 0.3) is 0 Å². The van der Waals surface area contributed by atoms with E-state index < -0.39 is 5.92 Å². The highest BCUT2D eigenvalue weighted by atomic mass is 79.9. The van der Waals surface area contributed by atoms with Gasteiger partial charge in [-0.15, -0.1) is 0 Å². The molecule has 2 aromatic rings. The molecule has 0 spiro atoms. The lowest BCUT2D eigenvalue weighted by Gasteiger charge is -2.11. The molecule has 2 rings (SSSR count). The number of hydrogen-bond donors (Lipinski definition) is 0. The van der Waals surface area contributed by atoms with E-state index in [1.54, 1.807) is 36.4 Å². The summed E-state index contributed by atoms with van der Waals surface area (Å²) in [4.78, 5) is 12.6. The van der Waals surface area contributed by atoms with Crippen molar-refractivity contribution in [1.82, 2.24) is 0 Å². The van der Waals surface area contributed by atoms with Gasteiger partial charge in [-0.05, 0) is 29.8 Å². The summed E-state index contributed by atoms with van der Waals surface area (Å²) in [6, 6.07) is 14.2. The summed E-state index contributed by atoms with van der Waals surface area (Å²) >= 11 is 12.7. The largest absolute Gasteiger partial charge is 0.292 e. The molecule has 2 nitrogen and oxygen atoms in total. The molecule has 0 radical (unpaired) electrons. The Bertz CT molecular complexity index is 709. The Morgan fingerprint density at radius 3 is 2.55 bits per heavy atom. The van der Waals surface area contributed by atoms with E-state index in [1.165, 1.54) is 0 Å². The number of halogens is 3. The summed E-state index contributed by atoms with van der Waals surface area (Å²) in [5.41, 5.74) is 0.972. The quantitative estimate of drug-likeness (QED) is 0.636. The third-order valence-electron chi connectivity index (χ3n) is 2.80. The van der Waals surface area contributed by atoms with Gasteiger partial charge in [0.1, 0.15) is 5.92 Å². The number of nitriles is 1. The van der Waals surface area contributed by atoms with Crippen molar-refractivity contribution >= 4 is 49.2 Å². The highest BCUT2D eigenvalue weighted by molar-refractivity contribution is 9.11. The molecule has 0 aliphatic carbocycles. The van der Waals surface area contributed by atoms with E-state index in [9.17, 15) is 10.1 Å². The van der Waals surface area contributed by atoms with E-state index in [4.69, 9.17) is 11.6 Å². The third kappa shape index (κ3) is 3.12. The fraction of sp³-hybridized carbons (Fsp3) is 0.0667. The van der Waals surface area contributed by atoms with Gasteiger partial charge >= 0.3 is 0 Å². The Balaban J connectivity index is 2.48. The second-order valence-corrected chi connectivity index (χ2v) is 6.25. The number of Topliss-reactive ketones (excluding diaryl/α,β-unsaturated/α-hetero) is 1. The molecule has 100 valence electrons. The molecule has 0 aromatic heterocycles. The predicted octanol–water partition coefficient (Wildman–Crippen LogP) is 5.36. The SMILES string of the molecule is N#CC(C(=O)c1cc(Br)ccc1Br)c1ccccc1Cl. The van der Waals surface area contributed by atoms with Crippen LogP contribution >= 0.6 is 43.5 Å². The molecule has 2 aromatic carbocycles. The normalized spacial score (nSPS) is 11.7. The zero-order valence-corrected chi connectivity index (χ0v) is 14.0. The van der Waals surface area contributed by atoms with Crippen LogP contribution in [0.25, 0.3) is 0 Å². The second-order valence-electron chi connectivity index (χ2n) is 4.07. The first-order chi connectivity index (χ1) is 9.54. The summed E-state index contributed by atoms with van der Waals surface area (Å²) in [7, 11) is 0. The Morgan fingerprint density at radius 1 is 1.20 bits per heavy atom. The molecular weight excluding hydrogens is 405 g/mol. The van der Waals surface area contributed by atoms with Crippen molar-refractivity contribution in [3.05, 3.63) is 67.6 Å².